The Hall–Kier alpha value is -0.610. The second-order valence-corrected chi connectivity index (χ2v) is 5.94. The highest BCUT2D eigenvalue weighted by molar-refractivity contribution is 5.88. The lowest BCUT2D eigenvalue weighted by molar-refractivity contribution is -0.137. The molecule has 1 fully saturated rings. The van der Waals surface area contributed by atoms with Gasteiger partial charge in [-0.3, -0.25) is 10.1 Å². The minimum atomic E-state index is -0.417. The Labute approximate surface area is 117 Å². The molecule has 1 aliphatic heterocycles. The Bertz CT molecular complexity index is 307. The fraction of sp³-hybridized carbons (Fsp3) is 0.933. The van der Waals surface area contributed by atoms with Gasteiger partial charge in [-0.05, 0) is 32.6 Å². The van der Waals surface area contributed by atoms with Crippen LogP contribution in [0.5, 0.6) is 0 Å². The van der Waals surface area contributed by atoms with Crippen LogP contribution in [-0.4, -0.2) is 41.8 Å². The van der Waals surface area contributed by atoms with Gasteiger partial charge in [0.25, 0.3) is 0 Å². The molecule has 3 unspecified atom stereocenters. The summed E-state index contributed by atoms with van der Waals surface area (Å²) in [5.74, 6) is 0.616. The fourth-order valence-corrected chi connectivity index (χ4v) is 2.69. The molecule has 1 saturated heterocycles. The number of nitrogens with zero attached hydrogens (tertiary/aromatic N) is 1. The highest BCUT2D eigenvalue weighted by atomic mass is 16.5. The molecule has 1 N–H and O–H groups in total. The van der Waals surface area contributed by atoms with E-state index in [0.29, 0.717) is 19.1 Å². The van der Waals surface area contributed by atoms with Gasteiger partial charge in [-0.25, -0.2) is 0 Å². The average Bonchev–Trinajstić information content (AvgIpc) is 2.64. The van der Waals surface area contributed by atoms with Crippen molar-refractivity contribution in [3.8, 4) is 0 Å². The molecule has 0 aromatic rings. The molecule has 0 spiro atoms. The maximum Gasteiger partial charge on any atom is 0.244 e. The van der Waals surface area contributed by atoms with Crippen molar-refractivity contribution in [1.82, 2.24) is 10.2 Å². The number of carbonyl (C=O) groups excluding carboxylic acids is 1. The molecule has 19 heavy (non-hydrogen) atoms. The Kier molecular flexibility index (Phi) is 5.81. The van der Waals surface area contributed by atoms with Crippen molar-refractivity contribution in [1.29, 1.82) is 0 Å². The van der Waals surface area contributed by atoms with E-state index in [0.717, 1.165) is 12.8 Å². The van der Waals surface area contributed by atoms with Gasteiger partial charge < -0.3 is 9.64 Å². The van der Waals surface area contributed by atoms with Crippen LogP contribution in [0.25, 0.3) is 0 Å². The second kappa shape index (κ2) is 6.71. The average molecular weight is 270 g/mol. The molecule has 1 rings (SSSR count). The fourth-order valence-electron chi connectivity index (χ4n) is 2.69. The van der Waals surface area contributed by atoms with Gasteiger partial charge >= 0.3 is 0 Å². The molecule has 1 aliphatic rings. The molecule has 0 aromatic heterocycles. The van der Waals surface area contributed by atoms with Gasteiger partial charge in [0, 0.05) is 6.61 Å². The normalized spacial score (nSPS) is 29.3. The molecule has 112 valence electrons. The maximum absolute atomic E-state index is 12.7. The van der Waals surface area contributed by atoms with Crippen LogP contribution in [0.15, 0.2) is 0 Å². The van der Waals surface area contributed by atoms with E-state index in [-0.39, 0.29) is 18.1 Å². The number of carbonyl (C=O) groups is 1. The minimum absolute atomic E-state index is 0.130. The van der Waals surface area contributed by atoms with Gasteiger partial charge in [0.05, 0.1) is 24.4 Å². The molecule has 0 aromatic carbocycles. The van der Waals surface area contributed by atoms with Crippen molar-refractivity contribution >= 4 is 5.91 Å². The zero-order valence-electron chi connectivity index (χ0n) is 13.3. The molecule has 1 amide bonds. The first-order chi connectivity index (χ1) is 8.91. The van der Waals surface area contributed by atoms with Gasteiger partial charge in [0.1, 0.15) is 0 Å². The van der Waals surface area contributed by atoms with Crippen LogP contribution < -0.4 is 5.32 Å². The largest absolute Gasteiger partial charge is 0.380 e. The second-order valence-electron chi connectivity index (χ2n) is 5.94. The zero-order chi connectivity index (χ0) is 14.6. The SMILES string of the molecule is CCOCC(C(C)C)N1C(=O)C(C)(CC)NC1CC. The summed E-state index contributed by atoms with van der Waals surface area (Å²) < 4.78 is 5.59. The van der Waals surface area contributed by atoms with Crippen LogP contribution in [0.1, 0.15) is 54.4 Å². The third kappa shape index (κ3) is 3.29. The van der Waals surface area contributed by atoms with Gasteiger partial charge in [-0.1, -0.05) is 27.7 Å². The van der Waals surface area contributed by atoms with E-state index in [9.17, 15) is 4.79 Å². The van der Waals surface area contributed by atoms with Crippen molar-refractivity contribution in [2.24, 2.45) is 5.92 Å². The van der Waals surface area contributed by atoms with Gasteiger partial charge in [-0.2, -0.15) is 0 Å². The molecule has 3 atom stereocenters. The quantitative estimate of drug-likeness (QED) is 0.772. The lowest BCUT2D eigenvalue weighted by atomic mass is 9.97. The van der Waals surface area contributed by atoms with Crippen molar-refractivity contribution < 1.29 is 9.53 Å². The lowest BCUT2D eigenvalue weighted by Crippen LogP contribution is -2.49. The molecule has 0 saturated carbocycles. The van der Waals surface area contributed by atoms with E-state index in [1.54, 1.807) is 0 Å². The van der Waals surface area contributed by atoms with Gasteiger partial charge in [-0.15, -0.1) is 0 Å². The van der Waals surface area contributed by atoms with E-state index in [4.69, 9.17) is 4.74 Å². The topological polar surface area (TPSA) is 41.6 Å². The first-order valence-corrected chi connectivity index (χ1v) is 7.59. The number of ether oxygens (including phenoxy) is 1. The summed E-state index contributed by atoms with van der Waals surface area (Å²) in [5.41, 5.74) is -0.417. The molecule has 0 radical (unpaired) electrons. The van der Waals surface area contributed by atoms with Crippen molar-refractivity contribution in [2.45, 2.75) is 72.1 Å². The van der Waals surface area contributed by atoms with Gasteiger partial charge in [0.2, 0.25) is 5.91 Å². The molecule has 4 heteroatoms. The molecule has 4 nitrogen and oxygen atoms in total. The Morgan fingerprint density at radius 3 is 2.42 bits per heavy atom. The molecule has 0 aliphatic carbocycles. The Balaban J connectivity index is 2.95. The predicted octanol–water partition coefficient (Wildman–Crippen LogP) is 2.38. The van der Waals surface area contributed by atoms with Crippen molar-refractivity contribution in [2.75, 3.05) is 13.2 Å². The number of rotatable bonds is 7. The summed E-state index contributed by atoms with van der Waals surface area (Å²) in [6.45, 7) is 13.8. The number of hydrogen-bond donors (Lipinski definition) is 1. The summed E-state index contributed by atoms with van der Waals surface area (Å²) in [4.78, 5) is 14.8. The molecular formula is C15H30N2O2. The third-order valence-electron chi connectivity index (χ3n) is 4.24. The minimum Gasteiger partial charge on any atom is -0.380 e. The first kappa shape index (κ1) is 16.4. The monoisotopic (exact) mass is 270 g/mol. The summed E-state index contributed by atoms with van der Waals surface area (Å²) >= 11 is 0. The van der Waals surface area contributed by atoms with Crippen LogP contribution in [0, 0.1) is 5.92 Å². The Morgan fingerprint density at radius 2 is 2.00 bits per heavy atom. The summed E-state index contributed by atoms with van der Waals surface area (Å²) in [5, 5.41) is 3.50. The highest BCUT2D eigenvalue weighted by Crippen LogP contribution is 2.29. The number of hydrogen-bond acceptors (Lipinski definition) is 3. The van der Waals surface area contributed by atoms with Crippen LogP contribution in [0.2, 0.25) is 0 Å². The molecular weight excluding hydrogens is 240 g/mol. The van der Waals surface area contributed by atoms with Gasteiger partial charge in [0.15, 0.2) is 0 Å². The van der Waals surface area contributed by atoms with Crippen LogP contribution in [0.4, 0.5) is 0 Å². The first-order valence-electron chi connectivity index (χ1n) is 7.59. The third-order valence-corrected chi connectivity index (χ3v) is 4.24. The van der Waals surface area contributed by atoms with Crippen LogP contribution in [-0.2, 0) is 9.53 Å². The van der Waals surface area contributed by atoms with Crippen LogP contribution in [0.3, 0.4) is 0 Å². The summed E-state index contributed by atoms with van der Waals surface area (Å²) in [7, 11) is 0. The van der Waals surface area contributed by atoms with E-state index in [2.05, 4.69) is 33.0 Å². The maximum atomic E-state index is 12.7. The van der Waals surface area contributed by atoms with E-state index >= 15 is 0 Å². The Morgan fingerprint density at radius 1 is 1.37 bits per heavy atom. The standard InChI is InChI=1S/C15H30N2O2/c1-7-13-16-15(6,8-2)14(18)17(13)12(11(4)5)10-19-9-3/h11-13,16H,7-10H2,1-6H3. The van der Waals surface area contributed by atoms with E-state index < -0.39 is 5.54 Å². The predicted molar refractivity (Wildman–Crippen MR) is 77.9 cm³/mol. The van der Waals surface area contributed by atoms with E-state index in [1.807, 2.05) is 18.7 Å². The van der Waals surface area contributed by atoms with Crippen molar-refractivity contribution in [3.05, 3.63) is 0 Å². The zero-order valence-corrected chi connectivity index (χ0v) is 13.3. The summed E-state index contributed by atoms with van der Waals surface area (Å²) in [6, 6.07) is 0.151. The number of nitrogens with one attached hydrogen (secondary N) is 1. The van der Waals surface area contributed by atoms with Crippen LogP contribution >= 0.6 is 0 Å². The molecule has 1 heterocycles. The van der Waals surface area contributed by atoms with Crippen molar-refractivity contribution in [3.63, 3.8) is 0 Å². The molecule has 0 bridgehead atoms. The highest BCUT2D eigenvalue weighted by Gasteiger charge is 2.48. The summed E-state index contributed by atoms with van der Waals surface area (Å²) in [6.07, 6.45) is 1.87. The van der Waals surface area contributed by atoms with E-state index in [1.165, 1.54) is 0 Å². The lowest BCUT2D eigenvalue weighted by Gasteiger charge is -2.35. The number of amides is 1. The smallest absolute Gasteiger partial charge is 0.244 e.